The van der Waals surface area contributed by atoms with E-state index in [1.165, 1.54) is 0 Å². The molecule has 1 atom stereocenters. The van der Waals surface area contributed by atoms with E-state index in [1.807, 2.05) is 6.92 Å². The van der Waals surface area contributed by atoms with Crippen LogP contribution >= 0.6 is 0 Å². The molecule has 130 valence electrons. The second kappa shape index (κ2) is 10.9. The van der Waals surface area contributed by atoms with E-state index >= 15 is 0 Å². The van der Waals surface area contributed by atoms with Crippen LogP contribution in [-0.4, -0.2) is 44.9 Å². The van der Waals surface area contributed by atoms with Gasteiger partial charge < -0.3 is 19.5 Å². The molecular weight excluding hydrogens is 308 g/mol. The molecule has 0 saturated carbocycles. The summed E-state index contributed by atoms with van der Waals surface area (Å²) in [5.74, 6) is 0.0958. The average Bonchev–Trinajstić information content (AvgIpc) is 2.55. The fraction of sp³-hybridized carbons (Fsp3) is 0.562. The van der Waals surface area contributed by atoms with Crippen molar-refractivity contribution in [3.63, 3.8) is 0 Å². The summed E-state index contributed by atoms with van der Waals surface area (Å²) in [5, 5.41) is 2.72. The van der Waals surface area contributed by atoms with Crippen LogP contribution in [0.4, 0.5) is 8.78 Å². The molecule has 7 heteroatoms. The van der Waals surface area contributed by atoms with Gasteiger partial charge in [-0.3, -0.25) is 4.79 Å². The van der Waals surface area contributed by atoms with Gasteiger partial charge in [0, 0.05) is 13.2 Å². The van der Waals surface area contributed by atoms with Gasteiger partial charge in [-0.15, -0.1) is 0 Å². The fourth-order valence-electron chi connectivity index (χ4n) is 1.74. The maximum Gasteiger partial charge on any atom is 0.272 e. The molecule has 0 heterocycles. The molecule has 0 aromatic heterocycles. The van der Waals surface area contributed by atoms with E-state index in [4.69, 9.17) is 14.2 Å². The van der Waals surface area contributed by atoms with Gasteiger partial charge in [0.05, 0.1) is 13.2 Å². The molecule has 0 fully saturated rings. The molecule has 23 heavy (non-hydrogen) atoms. The van der Waals surface area contributed by atoms with Gasteiger partial charge in [-0.1, -0.05) is 12.1 Å². The zero-order chi connectivity index (χ0) is 17.1. The summed E-state index contributed by atoms with van der Waals surface area (Å²) in [6, 6.07) is 6.66. The third-order valence-corrected chi connectivity index (χ3v) is 2.91. The SMILES string of the molecule is CCOCCO[C@@H](C)C(=O)NCc1cccc(OCC(F)F)c1. The maximum absolute atomic E-state index is 12.1. The number of alkyl halides is 2. The van der Waals surface area contributed by atoms with Gasteiger partial charge in [0.1, 0.15) is 18.5 Å². The number of hydrogen-bond donors (Lipinski definition) is 1. The van der Waals surface area contributed by atoms with Crippen molar-refractivity contribution >= 4 is 5.91 Å². The summed E-state index contributed by atoms with van der Waals surface area (Å²) in [4.78, 5) is 11.9. The highest BCUT2D eigenvalue weighted by Gasteiger charge is 2.12. The van der Waals surface area contributed by atoms with Crippen molar-refractivity contribution < 1.29 is 27.8 Å². The van der Waals surface area contributed by atoms with Gasteiger partial charge in [0.2, 0.25) is 5.91 Å². The summed E-state index contributed by atoms with van der Waals surface area (Å²) in [6.45, 7) is 4.55. The van der Waals surface area contributed by atoms with E-state index in [0.717, 1.165) is 5.56 Å². The highest BCUT2D eigenvalue weighted by atomic mass is 19.3. The summed E-state index contributed by atoms with van der Waals surface area (Å²) >= 11 is 0. The van der Waals surface area contributed by atoms with E-state index in [0.29, 0.717) is 25.6 Å². The monoisotopic (exact) mass is 331 g/mol. The Morgan fingerprint density at radius 3 is 2.78 bits per heavy atom. The number of halogens is 2. The highest BCUT2D eigenvalue weighted by Crippen LogP contribution is 2.14. The average molecular weight is 331 g/mol. The number of nitrogens with one attached hydrogen (secondary N) is 1. The Labute approximate surface area is 134 Å². The van der Waals surface area contributed by atoms with Gasteiger partial charge in [-0.25, -0.2) is 8.78 Å². The number of carbonyl (C=O) groups excluding carboxylic acids is 1. The van der Waals surface area contributed by atoms with Crippen LogP contribution in [0.15, 0.2) is 24.3 Å². The maximum atomic E-state index is 12.1. The molecule has 0 aliphatic heterocycles. The van der Waals surface area contributed by atoms with Crippen LogP contribution < -0.4 is 10.1 Å². The molecule has 0 bridgehead atoms. The summed E-state index contributed by atoms with van der Waals surface area (Å²) in [6.07, 6.45) is -3.11. The molecule has 1 rings (SSSR count). The van der Waals surface area contributed by atoms with Crippen LogP contribution in [0.3, 0.4) is 0 Å². The number of benzene rings is 1. The van der Waals surface area contributed by atoms with Crippen molar-refractivity contribution in [2.45, 2.75) is 32.9 Å². The Bertz CT molecular complexity index is 471. The van der Waals surface area contributed by atoms with Crippen molar-refractivity contribution in [1.29, 1.82) is 0 Å². The van der Waals surface area contributed by atoms with Gasteiger partial charge in [0.25, 0.3) is 6.43 Å². The quantitative estimate of drug-likeness (QED) is 0.633. The van der Waals surface area contributed by atoms with Crippen molar-refractivity contribution in [1.82, 2.24) is 5.32 Å². The van der Waals surface area contributed by atoms with Crippen LogP contribution in [0.25, 0.3) is 0 Å². The highest BCUT2D eigenvalue weighted by molar-refractivity contribution is 5.80. The Morgan fingerprint density at radius 2 is 2.09 bits per heavy atom. The molecule has 1 aromatic carbocycles. The molecule has 5 nitrogen and oxygen atoms in total. The first-order valence-electron chi connectivity index (χ1n) is 7.49. The van der Waals surface area contributed by atoms with Gasteiger partial charge in [0.15, 0.2) is 0 Å². The van der Waals surface area contributed by atoms with Crippen molar-refractivity contribution in [3.8, 4) is 5.75 Å². The molecule has 0 spiro atoms. The van der Waals surface area contributed by atoms with Crippen LogP contribution in [0.1, 0.15) is 19.4 Å². The molecule has 0 unspecified atom stereocenters. The lowest BCUT2D eigenvalue weighted by Crippen LogP contribution is -2.34. The van der Waals surface area contributed by atoms with E-state index in [2.05, 4.69) is 5.32 Å². The van der Waals surface area contributed by atoms with E-state index < -0.39 is 19.1 Å². The molecule has 1 N–H and O–H groups in total. The Morgan fingerprint density at radius 1 is 1.30 bits per heavy atom. The second-order valence-corrected chi connectivity index (χ2v) is 4.78. The lowest BCUT2D eigenvalue weighted by Gasteiger charge is -2.14. The van der Waals surface area contributed by atoms with Crippen molar-refractivity contribution in [2.24, 2.45) is 0 Å². The van der Waals surface area contributed by atoms with Gasteiger partial charge >= 0.3 is 0 Å². The standard InChI is InChI=1S/C16H23F2NO4/c1-3-21-7-8-22-12(2)16(20)19-10-13-5-4-6-14(9-13)23-11-15(17)18/h4-6,9,12,15H,3,7-8,10-11H2,1-2H3,(H,19,20)/t12-/m0/s1. The fourth-order valence-corrected chi connectivity index (χ4v) is 1.74. The lowest BCUT2D eigenvalue weighted by atomic mass is 10.2. The number of ether oxygens (including phenoxy) is 3. The number of carbonyl (C=O) groups is 1. The van der Waals surface area contributed by atoms with Gasteiger partial charge in [-0.2, -0.15) is 0 Å². The minimum Gasteiger partial charge on any atom is -0.488 e. The first-order chi connectivity index (χ1) is 11.0. The molecule has 1 aromatic rings. The smallest absolute Gasteiger partial charge is 0.272 e. The topological polar surface area (TPSA) is 56.8 Å². The predicted molar refractivity (Wildman–Crippen MR) is 81.7 cm³/mol. The molecule has 1 amide bonds. The zero-order valence-corrected chi connectivity index (χ0v) is 13.4. The van der Waals surface area contributed by atoms with Crippen LogP contribution in [-0.2, 0) is 20.8 Å². The summed E-state index contributed by atoms with van der Waals surface area (Å²) in [7, 11) is 0. The molecule has 0 aliphatic rings. The normalized spacial score (nSPS) is 12.2. The Balaban J connectivity index is 2.35. The molecule has 0 saturated heterocycles. The third kappa shape index (κ3) is 8.47. The predicted octanol–water partition coefficient (Wildman–Crippen LogP) is 2.39. The minimum atomic E-state index is -2.52. The van der Waals surface area contributed by atoms with Crippen molar-refractivity contribution in [3.05, 3.63) is 29.8 Å². The van der Waals surface area contributed by atoms with Crippen LogP contribution in [0.5, 0.6) is 5.75 Å². The molecule has 0 aliphatic carbocycles. The molecule has 0 radical (unpaired) electrons. The number of rotatable bonds is 11. The second-order valence-electron chi connectivity index (χ2n) is 4.78. The first-order valence-corrected chi connectivity index (χ1v) is 7.49. The lowest BCUT2D eigenvalue weighted by molar-refractivity contribution is -0.132. The Kier molecular flexibility index (Phi) is 9.16. The van der Waals surface area contributed by atoms with Crippen LogP contribution in [0.2, 0.25) is 0 Å². The number of amides is 1. The van der Waals surface area contributed by atoms with Crippen molar-refractivity contribution in [2.75, 3.05) is 26.4 Å². The van der Waals surface area contributed by atoms with Crippen LogP contribution in [0, 0.1) is 0 Å². The summed E-state index contributed by atoms with van der Waals surface area (Å²) in [5.41, 5.74) is 0.756. The van der Waals surface area contributed by atoms with Gasteiger partial charge in [-0.05, 0) is 31.5 Å². The Hall–Kier alpha value is -1.73. The third-order valence-electron chi connectivity index (χ3n) is 2.91. The first kappa shape index (κ1) is 19.3. The van der Waals surface area contributed by atoms with E-state index in [9.17, 15) is 13.6 Å². The minimum absolute atomic E-state index is 0.250. The zero-order valence-electron chi connectivity index (χ0n) is 13.4. The largest absolute Gasteiger partial charge is 0.488 e. The summed E-state index contributed by atoms with van der Waals surface area (Å²) < 4.78 is 39.6. The molecular formula is C16H23F2NO4. The van der Waals surface area contributed by atoms with E-state index in [1.54, 1.807) is 31.2 Å². The number of hydrogen-bond acceptors (Lipinski definition) is 4. The van der Waals surface area contributed by atoms with E-state index in [-0.39, 0.29) is 12.5 Å².